The molecular formula is C21H23ClFN5O. The first kappa shape index (κ1) is 19.8. The fourth-order valence-electron chi connectivity index (χ4n) is 3.63. The summed E-state index contributed by atoms with van der Waals surface area (Å²) < 4.78 is 15.9. The van der Waals surface area contributed by atoms with E-state index in [0.717, 1.165) is 11.0 Å². The van der Waals surface area contributed by atoms with E-state index in [-0.39, 0.29) is 17.8 Å². The number of hydrogen-bond donors (Lipinski definition) is 0. The normalized spacial score (nSPS) is 15.4. The number of rotatable bonds is 4. The molecule has 3 aromatic rings. The van der Waals surface area contributed by atoms with Crippen molar-refractivity contribution in [3.05, 3.63) is 58.6 Å². The molecular weight excluding hydrogens is 393 g/mol. The third-order valence-corrected chi connectivity index (χ3v) is 5.63. The van der Waals surface area contributed by atoms with Crippen molar-refractivity contribution < 1.29 is 9.18 Å². The van der Waals surface area contributed by atoms with Gasteiger partial charge in [0.25, 0.3) is 5.91 Å². The number of fused-ring (bicyclic) bond motifs is 1. The number of benzene rings is 1. The predicted octanol–water partition coefficient (Wildman–Crippen LogP) is 3.76. The monoisotopic (exact) mass is 415 g/mol. The van der Waals surface area contributed by atoms with Gasteiger partial charge in [-0.2, -0.15) is 5.10 Å². The van der Waals surface area contributed by atoms with Gasteiger partial charge < -0.3 is 4.90 Å². The van der Waals surface area contributed by atoms with E-state index in [4.69, 9.17) is 11.6 Å². The summed E-state index contributed by atoms with van der Waals surface area (Å²) >= 11 is 6.13. The number of piperazine rings is 1. The molecule has 0 spiro atoms. The van der Waals surface area contributed by atoms with Crippen LogP contribution in [-0.2, 0) is 6.54 Å². The second-order valence-corrected chi connectivity index (χ2v) is 8.00. The Bertz CT molecular complexity index is 1020. The highest BCUT2D eigenvalue weighted by Crippen LogP contribution is 2.22. The van der Waals surface area contributed by atoms with Gasteiger partial charge in [0.2, 0.25) is 0 Å². The number of halogens is 2. The Hall–Kier alpha value is -2.51. The molecule has 0 bridgehead atoms. The van der Waals surface area contributed by atoms with Crippen molar-refractivity contribution in [1.29, 1.82) is 0 Å². The van der Waals surface area contributed by atoms with E-state index in [1.54, 1.807) is 24.5 Å². The molecule has 0 atom stereocenters. The lowest BCUT2D eigenvalue weighted by molar-refractivity contribution is 0.0627. The smallest absolute Gasteiger partial charge is 0.255 e. The highest BCUT2D eigenvalue weighted by molar-refractivity contribution is 6.31. The van der Waals surface area contributed by atoms with Gasteiger partial charge >= 0.3 is 0 Å². The van der Waals surface area contributed by atoms with Crippen molar-refractivity contribution in [3.8, 4) is 0 Å². The maximum atomic E-state index is 14.0. The van der Waals surface area contributed by atoms with Gasteiger partial charge in [-0.1, -0.05) is 17.7 Å². The van der Waals surface area contributed by atoms with Crippen LogP contribution < -0.4 is 0 Å². The van der Waals surface area contributed by atoms with E-state index < -0.39 is 0 Å². The molecule has 8 heteroatoms. The summed E-state index contributed by atoms with van der Waals surface area (Å²) in [6.45, 7) is 7.01. The molecule has 3 heterocycles. The highest BCUT2D eigenvalue weighted by atomic mass is 35.5. The zero-order valence-electron chi connectivity index (χ0n) is 16.5. The Morgan fingerprint density at radius 3 is 2.66 bits per heavy atom. The van der Waals surface area contributed by atoms with Crippen LogP contribution in [0.1, 0.15) is 35.8 Å². The second-order valence-electron chi connectivity index (χ2n) is 7.59. The molecule has 0 radical (unpaired) electrons. The van der Waals surface area contributed by atoms with E-state index in [1.807, 2.05) is 29.5 Å². The van der Waals surface area contributed by atoms with Gasteiger partial charge in [-0.3, -0.25) is 9.69 Å². The van der Waals surface area contributed by atoms with Gasteiger partial charge in [-0.05, 0) is 32.0 Å². The Morgan fingerprint density at radius 2 is 1.97 bits per heavy atom. The molecule has 0 saturated carbocycles. The Kier molecular flexibility index (Phi) is 5.52. The van der Waals surface area contributed by atoms with Crippen molar-refractivity contribution >= 4 is 28.5 Å². The summed E-state index contributed by atoms with van der Waals surface area (Å²) in [5.74, 6) is -0.336. The minimum absolute atomic E-state index is 0.0414. The lowest BCUT2D eigenvalue weighted by Gasteiger charge is -2.35. The summed E-state index contributed by atoms with van der Waals surface area (Å²) in [6.07, 6.45) is 3.37. The largest absolute Gasteiger partial charge is 0.336 e. The zero-order valence-corrected chi connectivity index (χ0v) is 17.2. The molecule has 0 N–H and O–H groups in total. The number of carbonyl (C=O) groups excluding carboxylic acids is 1. The lowest BCUT2D eigenvalue weighted by Crippen LogP contribution is -2.48. The topological polar surface area (TPSA) is 54.3 Å². The maximum Gasteiger partial charge on any atom is 0.255 e. The number of aromatic nitrogens is 3. The third-order valence-electron chi connectivity index (χ3n) is 5.27. The van der Waals surface area contributed by atoms with Crippen molar-refractivity contribution in [1.82, 2.24) is 24.6 Å². The molecule has 1 amide bonds. The first-order valence-electron chi connectivity index (χ1n) is 9.72. The van der Waals surface area contributed by atoms with Crippen LogP contribution >= 0.6 is 11.6 Å². The fraction of sp³-hybridized carbons (Fsp3) is 0.381. The molecule has 0 aliphatic carbocycles. The lowest BCUT2D eigenvalue weighted by atomic mass is 10.1. The zero-order chi connectivity index (χ0) is 20.5. The van der Waals surface area contributed by atoms with E-state index in [1.165, 1.54) is 6.07 Å². The maximum absolute atomic E-state index is 14.0. The quantitative estimate of drug-likeness (QED) is 0.651. The van der Waals surface area contributed by atoms with E-state index >= 15 is 0 Å². The molecule has 2 aromatic heterocycles. The summed E-state index contributed by atoms with van der Waals surface area (Å²) in [6, 6.07) is 6.78. The molecule has 152 valence electrons. The molecule has 1 aromatic carbocycles. The minimum Gasteiger partial charge on any atom is -0.336 e. The predicted molar refractivity (Wildman–Crippen MR) is 111 cm³/mol. The molecule has 1 fully saturated rings. The fourth-order valence-corrected chi connectivity index (χ4v) is 3.86. The van der Waals surface area contributed by atoms with Gasteiger partial charge in [0.15, 0.2) is 5.65 Å². The van der Waals surface area contributed by atoms with Gasteiger partial charge in [0.1, 0.15) is 5.82 Å². The molecule has 4 rings (SSSR count). The van der Waals surface area contributed by atoms with Crippen LogP contribution in [0.2, 0.25) is 5.02 Å². The van der Waals surface area contributed by atoms with Crippen LogP contribution in [0.15, 0.2) is 36.7 Å². The summed E-state index contributed by atoms with van der Waals surface area (Å²) in [5, 5.41) is 5.65. The first-order chi connectivity index (χ1) is 13.9. The Balaban J connectivity index is 1.42. The number of pyridine rings is 1. The van der Waals surface area contributed by atoms with Gasteiger partial charge in [-0.15, -0.1) is 0 Å². The van der Waals surface area contributed by atoms with E-state index in [9.17, 15) is 9.18 Å². The molecule has 1 saturated heterocycles. The van der Waals surface area contributed by atoms with Crippen molar-refractivity contribution in [2.45, 2.75) is 26.4 Å². The summed E-state index contributed by atoms with van der Waals surface area (Å²) in [5.41, 5.74) is 1.85. The third kappa shape index (κ3) is 3.97. The Labute approximate surface area is 173 Å². The molecule has 1 aliphatic rings. The number of nitrogens with zero attached hydrogens (tertiary/aromatic N) is 5. The molecule has 6 nitrogen and oxygen atoms in total. The van der Waals surface area contributed by atoms with Crippen LogP contribution in [0.25, 0.3) is 11.0 Å². The van der Waals surface area contributed by atoms with Crippen LogP contribution in [0, 0.1) is 5.82 Å². The molecule has 29 heavy (non-hydrogen) atoms. The van der Waals surface area contributed by atoms with Gasteiger partial charge in [-0.25, -0.2) is 14.1 Å². The van der Waals surface area contributed by atoms with Crippen LogP contribution in [0.4, 0.5) is 4.39 Å². The van der Waals surface area contributed by atoms with E-state index in [2.05, 4.69) is 15.0 Å². The average molecular weight is 416 g/mol. The van der Waals surface area contributed by atoms with Crippen molar-refractivity contribution in [2.75, 3.05) is 26.2 Å². The average Bonchev–Trinajstić information content (AvgIpc) is 3.14. The van der Waals surface area contributed by atoms with Gasteiger partial charge in [0.05, 0.1) is 11.8 Å². The van der Waals surface area contributed by atoms with Crippen LogP contribution in [-0.4, -0.2) is 56.7 Å². The SMILES string of the molecule is CC(C)n1ncc2cc(C(=O)N3CCN(Cc4c(F)cccc4Cl)CC3)cnc21. The number of amides is 1. The highest BCUT2D eigenvalue weighted by Gasteiger charge is 2.24. The summed E-state index contributed by atoms with van der Waals surface area (Å²) in [7, 11) is 0. The molecule has 0 unspecified atom stereocenters. The standard InChI is InChI=1S/C21H23ClFN5O/c1-14(2)28-20-15(12-25-28)10-16(11-24-20)21(29)27-8-6-26(7-9-27)13-17-18(22)4-3-5-19(17)23/h3-5,10-12,14H,6-9,13H2,1-2H3. The van der Waals surface area contributed by atoms with Crippen molar-refractivity contribution in [2.24, 2.45) is 0 Å². The van der Waals surface area contributed by atoms with Crippen molar-refractivity contribution in [3.63, 3.8) is 0 Å². The van der Waals surface area contributed by atoms with Crippen LogP contribution in [0.3, 0.4) is 0 Å². The Morgan fingerprint density at radius 1 is 1.21 bits per heavy atom. The van der Waals surface area contributed by atoms with E-state index in [0.29, 0.717) is 48.9 Å². The second kappa shape index (κ2) is 8.08. The minimum atomic E-state index is -0.294. The number of carbonyl (C=O) groups is 1. The number of hydrogen-bond acceptors (Lipinski definition) is 4. The molecule has 1 aliphatic heterocycles. The van der Waals surface area contributed by atoms with Crippen LogP contribution in [0.5, 0.6) is 0 Å². The summed E-state index contributed by atoms with van der Waals surface area (Å²) in [4.78, 5) is 21.3. The first-order valence-corrected chi connectivity index (χ1v) is 10.1. The van der Waals surface area contributed by atoms with Gasteiger partial charge in [0, 0.05) is 60.9 Å².